The van der Waals surface area contributed by atoms with Gasteiger partial charge in [-0.15, -0.1) is 0 Å². The average Bonchev–Trinajstić information content (AvgIpc) is 3.10. The number of fused-ring (bicyclic) bond motifs is 4. The van der Waals surface area contributed by atoms with E-state index in [4.69, 9.17) is 5.41 Å². The number of nitrogens with one attached hydrogen (secondary N) is 1. The molecule has 142 valence electrons. The molecule has 0 heterocycles. The normalized spacial score (nSPS) is 12.7. The number of hydrogen-bond donors (Lipinski definition) is 1. The Hall–Kier alpha value is -3.19. The Morgan fingerprint density at radius 2 is 1.41 bits per heavy atom. The quantitative estimate of drug-likeness (QED) is 0.311. The van der Waals surface area contributed by atoms with Crippen molar-refractivity contribution in [3.8, 4) is 22.3 Å². The molecule has 0 amide bonds. The molecule has 1 N–H and O–H groups in total. The second-order valence-corrected chi connectivity index (χ2v) is 8.99. The number of hydrogen-bond acceptors (Lipinski definition) is 1. The highest BCUT2D eigenvalue weighted by Crippen LogP contribution is 2.44. The summed E-state index contributed by atoms with van der Waals surface area (Å²) >= 11 is 0. The van der Waals surface area contributed by atoms with Gasteiger partial charge in [-0.2, -0.15) is 0 Å². The van der Waals surface area contributed by atoms with Gasteiger partial charge in [0.05, 0.1) is 0 Å². The number of rotatable bonds is 2. The van der Waals surface area contributed by atoms with E-state index in [2.05, 4.69) is 93.6 Å². The summed E-state index contributed by atoms with van der Waals surface area (Å²) in [5.41, 5.74) is 10.1. The van der Waals surface area contributed by atoms with Gasteiger partial charge in [-0.25, -0.2) is 0 Å². The lowest BCUT2D eigenvalue weighted by molar-refractivity contribution is 0.595. The van der Waals surface area contributed by atoms with Gasteiger partial charge in [-0.1, -0.05) is 87.5 Å². The average molecular weight is 376 g/mol. The van der Waals surface area contributed by atoms with Crippen LogP contribution in [0.1, 0.15) is 43.0 Å². The lowest BCUT2D eigenvalue weighted by Gasteiger charge is -2.26. The Kier molecular flexibility index (Phi) is 3.96. The Balaban J connectivity index is 1.86. The Morgan fingerprint density at radius 1 is 0.759 bits per heavy atom. The molecular weight excluding hydrogens is 350 g/mol. The van der Waals surface area contributed by atoms with E-state index < -0.39 is 0 Å². The van der Waals surface area contributed by atoms with Crippen LogP contribution in [0, 0.1) is 5.41 Å². The molecule has 1 aliphatic carbocycles. The fraction of sp³-hybridized carbons (Fsp3) is 0.179. The molecule has 1 heteroatoms. The van der Waals surface area contributed by atoms with Crippen molar-refractivity contribution < 1.29 is 0 Å². The summed E-state index contributed by atoms with van der Waals surface area (Å²) in [6.07, 6.45) is 2.51. The van der Waals surface area contributed by atoms with E-state index in [1.165, 1.54) is 49.7 Å². The topological polar surface area (TPSA) is 23.9 Å². The van der Waals surface area contributed by atoms with Crippen molar-refractivity contribution in [3.63, 3.8) is 0 Å². The van der Waals surface area contributed by atoms with Gasteiger partial charge in [0.1, 0.15) is 0 Å². The van der Waals surface area contributed by atoms with Gasteiger partial charge in [0.25, 0.3) is 0 Å². The summed E-state index contributed by atoms with van der Waals surface area (Å²) in [4.78, 5) is 0. The van der Waals surface area contributed by atoms with E-state index in [1.807, 2.05) is 0 Å². The molecule has 4 aromatic rings. The van der Waals surface area contributed by atoms with Crippen molar-refractivity contribution in [1.29, 1.82) is 5.41 Å². The molecule has 0 atom stereocenters. The monoisotopic (exact) mass is 375 g/mol. The minimum absolute atomic E-state index is 0.0522. The molecule has 0 bridgehead atoms. The van der Waals surface area contributed by atoms with Crippen LogP contribution in [0.15, 0.2) is 72.8 Å². The molecule has 0 saturated carbocycles. The zero-order valence-corrected chi connectivity index (χ0v) is 17.2. The summed E-state index contributed by atoms with van der Waals surface area (Å²) < 4.78 is 0. The molecule has 0 spiro atoms. The first-order valence-corrected chi connectivity index (χ1v) is 10.3. The first kappa shape index (κ1) is 17.9. The standard InChI is InChI=1S/C28H25N/c1-28(2,3)27-21-12-7-5-10-19(21)16-25(26(27)17-29)23-14-8-13-22-20-11-6-4-9-18(20)15-24(22)23/h4-14,16-17,29H,15H2,1-3H3. The van der Waals surface area contributed by atoms with Crippen LogP contribution >= 0.6 is 0 Å². The Bertz CT molecular complexity index is 1270. The van der Waals surface area contributed by atoms with Crippen LogP contribution in [0.5, 0.6) is 0 Å². The molecule has 0 unspecified atom stereocenters. The lowest BCUT2D eigenvalue weighted by atomic mass is 9.77. The molecule has 4 aromatic carbocycles. The molecule has 5 rings (SSSR count). The first-order valence-electron chi connectivity index (χ1n) is 10.3. The zero-order chi connectivity index (χ0) is 20.2. The van der Waals surface area contributed by atoms with Crippen LogP contribution in [-0.4, -0.2) is 6.21 Å². The van der Waals surface area contributed by atoms with E-state index in [9.17, 15) is 0 Å². The van der Waals surface area contributed by atoms with E-state index in [0.717, 1.165) is 12.0 Å². The third kappa shape index (κ3) is 2.73. The smallest absolute Gasteiger partial charge is 0.0259 e. The van der Waals surface area contributed by atoms with Gasteiger partial charge in [0, 0.05) is 11.8 Å². The fourth-order valence-electron chi connectivity index (χ4n) is 4.95. The summed E-state index contributed by atoms with van der Waals surface area (Å²) in [7, 11) is 0. The lowest BCUT2D eigenvalue weighted by Crippen LogP contribution is -2.16. The molecule has 0 saturated heterocycles. The minimum Gasteiger partial charge on any atom is -0.308 e. The highest BCUT2D eigenvalue weighted by molar-refractivity contribution is 6.03. The van der Waals surface area contributed by atoms with Gasteiger partial charge in [0.15, 0.2) is 0 Å². The highest BCUT2D eigenvalue weighted by atomic mass is 14.4. The van der Waals surface area contributed by atoms with Crippen LogP contribution in [0.25, 0.3) is 33.0 Å². The highest BCUT2D eigenvalue weighted by Gasteiger charge is 2.26. The first-order chi connectivity index (χ1) is 14.0. The van der Waals surface area contributed by atoms with Crippen molar-refractivity contribution >= 4 is 17.0 Å². The van der Waals surface area contributed by atoms with Crippen LogP contribution < -0.4 is 0 Å². The SMILES string of the molecule is CC(C)(C)c1c(C=N)c(-c2cccc3c2Cc2ccccc2-3)cc2ccccc12. The van der Waals surface area contributed by atoms with Gasteiger partial charge >= 0.3 is 0 Å². The van der Waals surface area contributed by atoms with Crippen molar-refractivity contribution in [2.24, 2.45) is 0 Å². The maximum atomic E-state index is 8.33. The van der Waals surface area contributed by atoms with Crippen LogP contribution in [-0.2, 0) is 11.8 Å². The molecule has 0 aliphatic heterocycles. The van der Waals surface area contributed by atoms with Crippen LogP contribution in [0.4, 0.5) is 0 Å². The van der Waals surface area contributed by atoms with E-state index >= 15 is 0 Å². The molecule has 1 nitrogen and oxygen atoms in total. The summed E-state index contributed by atoms with van der Waals surface area (Å²) in [5.74, 6) is 0. The molecular formula is C28H25N. The zero-order valence-electron chi connectivity index (χ0n) is 17.2. The van der Waals surface area contributed by atoms with Gasteiger partial charge in [-0.05, 0) is 67.6 Å². The maximum absolute atomic E-state index is 8.33. The predicted octanol–water partition coefficient (Wildman–Crippen LogP) is 7.37. The van der Waals surface area contributed by atoms with Gasteiger partial charge < -0.3 is 5.41 Å². The summed E-state index contributed by atoms with van der Waals surface area (Å²) in [6, 6.07) is 26.2. The predicted molar refractivity (Wildman–Crippen MR) is 124 cm³/mol. The molecule has 0 fully saturated rings. The van der Waals surface area contributed by atoms with Crippen molar-refractivity contribution in [3.05, 3.63) is 95.1 Å². The summed E-state index contributed by atoms with van der Waals surface area (Å²) in [5, 5.41) is 10.8. The fourth-order valence-corrected chi connectivity index (χ4v) is 4.95. The van der Waals surface area contributed by atoms with E-state index in [0.29, 0.717) is 0 Å². The Labute approximate surface area is 172 Å². The molecule has 0 aromatic heterocycles. The van der Waals surface area contributed by atoms with Crippen LogP contribution in [0.3, 0.4) is 0 Å². The Morgan fingerprint density at radius 3 is 2.17 bits per heavy atom. The largest absolute Gasteiger partial charge is 0.308 e. The van der Waals surface area contributed by atoms with Crippen LogP contribution in [0.2, 0.25) is 0 Å². The minimum atomic E-state index is -0.0522. The third-order valence-electron chi connectivity index (χ3n) is 6.12. The van der Waals surface area contributed by atoms with E-state index in [1.54, 1.807) is 6.21 Å². The molecule has 1 aliphatic rings. The maximum Gasteiger partial charge on any atom is 0.0259 e. The molecule has 29 heavy (non-hydrogen) atoms. The van der Waals surface area contributed by atoms with Crippen molar-refractivity contribution in [1.82, 2.24) is 0 Å². The van der Waals surface area contributed by atoms with Gasteiger partial charge in [0.2, 0.25) is 0 Å². The van der Waals surface area contributed by atoms with Gasteiger partial charge in [-0.3, -0.25) is 0 Å². The van der Waals surface area contributed by atoms with Crippen molar-refractivity contribution in [2.75, 3.05) is 0 Å². The molecule has 0 radical (unpaired) electrons. The second-order valence-electron chi connectivity index (χ2n) is 8.99. The second kappa shape index (κ2) is 6.42. The van der Waals surface area contributed by atoms with Crippen molar-refractivity contribution in [2.45, 2.75) is 32.6 Å². The number of benzene rings is 4. The van der Waals surface area contributed by atoms with E-state index in [-0.39, 0.29) is 5.41 Å². The third-order valence-corrected chi connectivity index (χ3v) is 6.12. The summed E-state index contributed by atoms with van der Waals surface area (Å²) in [6.45, 7) is 6.74.